The molecular formula is C14H9FN2O2. The van der Waals surface area contributed by atoms with Crippen LogP contribution in [0.1, 0.15) is 10.4 Å². The highest BCUT2D eigenvalue weighted by atomic mass is 19.1. The van der Waals surface area contributed by atoms with Gasteiger partial charge in [-0.25, -0.2) is 14.2 Å². The fraction of sp³-hybridized carbons (Fsp3) is 0. The molecular weight excluding hydrogens is 247 g/mol. The van der Waals surface area contributed by atoms with Crippen molar-refractivity contribution in [1.82, 2.24) is 9.38 Å². The maximum absolute atomic E-state index is 13.8. The first kappa shape index (κ1) is 11.4. The maximum atomic E-state index is 13.8. The molecule has 94 valence electrons. The number of carboxylic acids is 1. The summed E-state index contributed by atoms with van der Waals surface area (Å²) in [6, 6.07) is 9.39. The van der Waals surface area contributed by atoms with Crippen molar-refractivity contribution in [1.29, 1.82) is 0 Å². The molecule has 0 aliphatic rings. The molecule has 5 heteroatoms. The Balaban J connectivity index is 2.27. The molecule has 0 amide bonds. The Morgan fingerprint density at radius 3 is 2.74 bits per heavy atom. The summed E-state index contributed by atoms with van der Waals surface area (Å²) in [7, 11) is 0. The van der Waals surface area contributed by atoms with Gasteiger partial charge in [0.25, 0.3) is 0 Å². The topological polar surface area (TPSA) is 54.6 Å². The standard InChI is InChI=1S/C14H9FN2O2/c15-12-4-2-1-3-11(12)13-16-7-10-6-5-9(14(18)19)8-17(10)13/h1-8H,(H,18,19). The first-order chi connectivity index (χ1) is 9.16. The van der Waals surface area contributed by atoms with Crippen molar-refractivity contribution >= 4 is 11.5 Å². The minimum atomic E-state index is -1.03. The van der Waals surface area contributed by atoms with Gasteiger partial charge < -0.3 is 5.11 Å². The molecule has 0 atom stereocenters. The van der Waals surface area contributed by atoms with Gasteiger partial charge in [-0.05, 0) is 24.3 Å². The van der Waals surface area contributed by atoms with Gasteiger partial charge in [0, 0.05) is 6.20 Å². The van der Waals surface area contributed by atoms with E-state index in [0.29, 0.717) is 16.9 Å². The quantitative estimate of drug-likeness (QED) is 0.767. The molecule has 0 saturated carbocycles. The van der Waals surface area contributed by atoms with Crippen molar-refractivity contribution in [2.24, 2.45) is 0 Å². The van der Waals surface area contributed by atoms with Crippen molar-refractivity contribution < 1.29 is 14.3 Å². The second-order valence-corrected chi connectivity index (χ2v) is 4.08. The first-order valence-electron chi connectivity index (χ1n) is 5.62. The van der Waals surface area contributed by atoms with Gasteiger partial charge in [0.05, 0.1) is 22.8 Å². The van der Waals surface area contributed by atoms with E-state index in [1.807, 2.05) is 0 Å². The Morgan fingerprint density at radius 1 is 1.21 bits per heavy atom. The molecule has 2 heterocycles. The molecule has 3 aromatic rings. The van der Waals surface area contributed by atoms with Crippen molar-refractivity contribution in [2.45, 2.75) is 0 Å². The molecule has 0 unspecified atom stereocenters. The molecule has 0 fully saturated rings. The van der Waals surface area contributed by atoms with Crippen LogP contribution >= 0.6 is 0 Å². The van der Waals surface area contributed by atoms with E-state index in [1.165, 1.54) is 18.3 Å². The summed E-state index contributed by atoms with van der Waals surface area (Å²) in [6.07, 6.45) is 3.01. The van der Waals surface area contributed by atoms with Crippen LogP contribution in [0.3, 0.4) is 0 Å². The summed E-state index contributed by atoms with van der Waals surface area (Å²) in [6.45, 7) is 0. The number of aromatic nitrogens is 2. The summed E-state index contributed by atoms with van der Waals surface area (Å²) >= 11 is 0. The van der Waals surface area contributed by atoms with E-state index in [0.717, 1.165) is 0 Å². The second-order valence-electron chi connectivity index (χ2n) is 4.08. The molecule has 0 aliphatic heterocycles. The highest BCUT2D eigenvalue weighted by molar-refractivity contribution is 5.88. The lowest BCUT2D eigenvalue weighted by atomic mass is 10.2. The van der Waals surface area contributed by atoms with E-state index in [4.69, 9.17) is 5.11 Å². The SMILES string of the molecule is O=C(O)c1ccc2cnc(-c3ccccc3F)n2c1. The van der Waals surface area contributed by atoms with Crippen LogP contribution in [0, 0.1) is 5.82 Å². The fourth-order valence-electron chi connectivity index (χ4n) is 1.96. The molecule has 1 aromatic carbocycles. The zero-order valence-electron chi connectivity index (χ0n) is 9.75. The highest BCUT2D eigenvalue weighted by Crippen LogP contribution is 2.22. The number of hydrogen-bond donors (Lipinski definition) is 1. The lowest BCUT2D eigenvalue weighted by molar-refractivity contribution is 0.0696. The van der Waals surface area contributed by atoms with Crippen LogP contribution in [0.25, 0.3) is 16.9 Å². The fourth-order valence-corrected chi connectivity index (χ4v) is 1.96. The normalized spacial score (nSPS) is 10.8. The zero-order valence-corrected chi connectivity index (χ0v) is 9.75. The van der Waals surface area contributed by atoms with Gasteiger partial charge in [-0.15, -0.1) is 0 Å². The average Bonchev–Trinajstić information content (AvgIpc) is 2.82. The van der Waals surface area contributed by atoms with Crippen molar-refractivity contribution in [3.05, 3.63) is 60.2 Å². The smallest absolute Gasteiger partial charge is 0.337 e. The number of nitrogens with zero attached hydrogens (tertiary/aromatic N) is 2. The minimum Gasteiger partial charge on any atom is -0.478 e. The summed E-state index contributed by atoms with van der Waals surface area (Å²) < 4.78 is 15.3. The number of hydrogen-bond acceptors (Lipinski definition) is 2. The first-order valence-corrected chi connectivity index (χ1v) is 5.62. The van der Waals surface area contributed by atoms with Crippen LogP contribution in [-0.2, 0) is 0 Å². The van der Waals surface area contributed by atoms with E-state index >= 15 is 0 Å². The van der Waals surface area contributed by atoms with Gasteiger partial charge in [-0.3, -0.25) is 4.40 Å². The van der Waals surface area contributed by atoms with Crippen molar-refractivity contribution in [3.63, 3.8) is 0 Å². The van der Waals surface area contributed by atoms with Crippen LogP contribution in [-0.4, -0.2) is 20.5 Å². The third kappa shape index (κ3) is 1.85. The van der Waals surface area contributed by atoms with Crippen LogP contribution < -0.4 is 0 Å². The average molecular weight is 256 g/mol. The molecule has 0 spiro atoms. The number of carbonyl (C=O) groups is 1. The Morgan fingerprint density at radius 2 is 2.00 bits per heavy atom. The van der Waals surface area contributed by atoms with Crippen molar-refractivity contribution in [2.75, 3.05) is 0 Å². The van der Waals surface area contributed by atoms with E-state index in [1.54, 1.807) is 34.9 Å². The molecule has 3 rings (SSSR count). The monoisotopic (exact) mass is 256 g/mol. The van der Waals surface area contributed by atoms with Gasteiger partial charge >= 0.3 is 5.97 Å². The molecule has 0 aliphatic carbocycles. The number of benzene rings is 1. The van der Waals surface area contributed by atoms with Gasteiger partial charge in [0.2, 0.25) is 0 Å². The van der Waals surface area contributed by atoms with Gasteiger partial charge in [-0.1, -0.05) is 12.1 Å². The predicted octanol–water partition coefficient (Wildman–Crippen LogP) is 2.84. The summed E-state index contributed by atoms with van der Waals surface area (Å²) in [5.41, 5.74) is 1.18. The van der Waals surface area contributed by atoms with Crippen molar-refractivity contribution in [3.8, 4) is 11.4 Å². The summed E-state index contributed by atoms with van der Waals surface area (Å²) in [4.78, 5) is 15.1. The Hall–Kier alpha value is -2.69. The molecule has 2 aromatic heterocycles. The van der Waals surface area contributed by atoms with E-state index in [9.17, 15) is 9.18 Å². The summed E-state index contributed by atoms with van der Waals surface area (Å²) in [5.74, 6) is -1.04. The predicted molar refractivity (Wildman–Crippen MR) is 67.5 cm³/mol. The Bertz CT molecular complexity index is 780. The van der Waals surface area contributed by atoms with Crippen LogP contribution in [0.15, 0.2) is 48.8 Å². The van der Waals surface area contributed by atoms with E-state index < -0.39 is 11.8 Å². The highest BCUT2D eigenvalue weighted by Gasteiger charge is 2.12. The second kappa shape index (κ2) is 4.20. The number of halogens is 1. The van der Waals surface area contributed by atoms with Crippen LogP contribution in [0.5, 0.6) is 0 Å². The van der Waals surface area contributed by atoms with Crippen LogP contribution in [0.4, 0.5) is 4.39 Å². The molecule has 0 radical (unpaired) electrons. The minimum absolute atomic E-state index is 0.128. The third-order valence-corrected chi connectivity index (χ3v) is 2.89. The number of rotatable bonds is 2. The lowest BCUT2D eigenvalue weighted by Crippen LogP contribution is -2.00. The molecule has 19 heavy (non-hydrogen) atoms. The molecule has 4 nitrogen and oxygen atoms in total. The van der Waals surface area contributed by atoms with Gasteiger partial charge in [-0.2, -0.15) is 0 Å². The zero-order chi connectivity index (χ0) is 13.4. The number of imidazole rings is 1. The lowest BCUT2D eigenvalue weighted by Gasteiger charge is -2.03. The largest absolute Gasteiger partial charge is 0.478 e. The maximum Gasteiger partial charge on any atom is 0.337 e. The number of aromatic carboxylic acids is 1. The molecule has 0 saturated heterocycles. The third-order valence-electron chi connectivity index (χ3n) is 2.89. The molecule has 0 bridgehead atoms. The van der Waals surface area contributed by atoms with Crippen LogP contribution in [0.2, 0.25) is 0 Å². The molecule has 1 N–H and O–H groups in total. The number of fused-ring (bicyclic) bond motifs is 1. The van der Waals surface area contributed by atoms with Gasteiger partial charge in [0.1, 0.15) is 11.6 Å². The number of carboxylic acid groups (broad SMARTS) is 1. The summed E-state index contributed by atoms with van der Waals surface area (Å²) in [5, 5.41) is 8.99. The van der Waals surface area contributed by atoms with Gasteiger partial charge in [0.15, 0.2) is 0 Å². The number of pyridine rings is 1. The Kier molecular flexibility index (Phi) is 2.52. The van der Waals surface area contributed by atoms with E-state index in [-0.39, 0.29) is 5.56 Å². The van der Waals surface area contributed by atoms with E-state index in [2.05, 4.69) is 4.98 Å². The Labute approximate surface area is 107 Å².